The van der Waals surface area contributed by atoms with Gasteiger partial charge in [-0.05, 0) is 25.0 Å². The Balaban J connectivity index is 1.82. The average molecular weight is 353 g/mol. The van der Waals surface area contributed by atoms with E-state index in [-0.39, 0.29) is 23.9 Å². The van der Waals surface area contributed by atoms with Crippen LogP contribution in [0, 0.1) is 0 Å². The quantitative estimate of drug-likeness (QED) is 0.682. The van der Waals surface area contributed by atoms with Gasteiger partial charge in [0.15, 0.2) is 5.65 Å². The summed E-state index contributed by atoms with van der Waals surface area (Å²) in [6, 6.07) is 9.71. The number of carbonyl (C=O) groups is 1. The highest BCUT2D eigenvalue weighted by molar-refractivity contribution is 5.77. The van der Waals surface area contributed by atoms with E-state index >= 15 is 0 Å². The summed E-state index contributed by atoms with van der Waals surface area (Å²) in [6.07, 6.45) is 3.97. The molecule has 0 bridgehead atoms. The number of amides is 1. The number of aromatic nitrogens is 4. The summed E-state index contributed by atoms with van der Waals surface area (Å²) in [6.45, 7) is 4.10. The highest BCUT2D eigenvalue weighted by atomic mass is 16.1. The van der Waals surface area contributed by atoms with Gasteiger partial charge in [0.1, 0.15) is 11.2 Å². The molecule has 2 aromatic heterocycles. The lowest BCUT2D eigenvalue weighted by atomic mass is 10.1. The molecular formula is C19H23N5O2. The van der Waals surface area contributed by atoms with E-state index in [2.05, 4.69) is 20.4 Å². The number of fused-ring (bicyclic) bond motifs is 1. The molecule has 0 saturated carbocycles. The summed E-state index contributed by atoms with van der Waals surface area (Å²) in [5.41, 5.74) is 1.08. The predicted octanol–water partition coefficient (Wildman–Crippen LogP) is 2.35. The molecule has 7 nitrogen and oxygen atoms in total. The van der Waals surface area contributed by atoms with E-state index in [1.54, 1.807) is 4.68 Å². The molecule has 0 atom stereocenters. The second kappa shape index (κ2) is 7.95. The van der Waals surface area contributed by atoms with Gasteiger partial charge in [-0.1, -0.05) is 32.0 Å². The molecule has 0 radical (unpaired) electrons. The summed E-state index contributed by atoms with van der Waals surface area (Å²) < 4.78 is 1.64. The van der Waals surface area contributed by atoms with Crippen LogP contribution in [0.3, 0.4) is 0 Å². The molecule has 1 amide bonds. The van der Waals surface area contributed by atoms with Crippen LogP contribution in [0.15, 0.2) is 41.3 Å². The van der Waals surface area contributed by atoms with Gasteiger partial charge in [0.25, 0.3) is 5.56 Å². The van der Waals surface area contributed by atoms with Crippen molar-refractivity contribution < 1.29 is 4.79 Å². The first-order valence-electron chi connectivity index (χ1n) is 8.94. The molecule has 0 aliphatic rings. The molecule has 136 valence electrons. The summed E-state index contributed by atoms with van der Waals surface area (Å²) >= 11 is 0. The first-order chi connectivity index (χ1) is 12.6. The number of para-hydroxylation sites is 1. The fraction of sp³-hybridized carbons (Fsp3) is 0.368. The molecule has 3 aromatic rings. The van der Waals surface area contributed by atoms with Gasteiger partial charge in [-0.3, -0.25) is 9.59 Å². The molecule has 26 heavy (non-hydrogen) atoms. The topological polar surface area (TPSA) is 92.7 Å². The predicted molar refractivity (Wildman–Crippen MR) is 100 cm³/mol. The maximum absolute atomic E-state index is 12.3. The van der Waals surface area contributed by atoms with Crippen molar-refractivity contribution in [3.63, 3.8) is 0 Å². The van der Waals surface area contributed by atoms with E-state index in [0.717, 1.165) is 18.5 Å². The Labute approximate surface area is 151 Å². The van der Waals surface area contributed by atoms with Crippen molar-refractivity contribution in [2.75, 3.05) is 0 Å². The van der Waals surface area contributed by atoms with Gasteiger partial charge in [-0.15, -0.1) is 0 Å². The van der Waals surface area contributed by atoms with Crippen LogP contribution in [0.2, 0.25) is 0 Å². The maximum Gasteiger partial charge on any atom is 0.262 e. The van der Waals surface area contributed by atoms with Crippen molar-refractivity contribution in [1.82, 2.24) is 25.1 Å². The molecule has 7 heteroatoms. The van der Waals surface area contributed by atoms with Crippen molar-refractivity contribution in [1.29, 1.82) is 0 Å². The van der Waals surface area contributed by atoms with Gasteiger partial charge in [0, 0.05) is 18.9 Å². The number of carbonyl (C=O) groups excluding carboxylic acids is 1. The SMILES string of the molecule is CCC(CC)NC(=O)CCc1nc2c(cnn2-c2ccccc2)c(=O)[nH]1. The molecule has 0 saturated heterocycles. The Hall–Kier alpha value is -2.96. The molecule has 1 aromatic carbocycles. The van der Waals surface area contributed by atoms with Crippen LogP contribution >= 0.6 is 0 Å². The normalized spacial score (nSPS) is 11.2. The van der Waals surface area contributed by atoms with Crippen LogP contribution in [-0.4, -0.2) is 31.7 Å². The Kier molecular flexibility index (Phi) is 5.46. The average Bonchev–Trinajstić information content (AvgIpc) is 3.09. The van der Waals surface area contributed by atoms with E-state index in [0.29, 0.717) is 23.3 Å². The number of nitrogens with one attached hydrogen (secondary N) is 2. The van der Waals surface area contributed by atoms with Crippen molar-refractivity contribution >= 4 is 16.9 Å². The van der Waals surface area contributed by atoms with Gasteiger partial charge in [0.2, 0.25) is 5.91 Å². The monoisotopic (exact) mass is 353 g/mol. The molecule has 0 spiro atoms. The van der Waals surface area contributed by atoms with E-state index < -0.39 is 0 Å². The number of hydrogen-bond acceptors (Lipinski definition) is 4. The van der Waals surface area contributed by atoms with E-state index in [9.17, 15) is 9.59 Å². The van der Waals surface area contributed by atoms with Crippen LogP contribution in [-0.2, 0) is 11.2 Å². The minimum absolute atomic E-state index is 0.0296. The van der Waals surface area contributed by atoms with Gasteiger partial charge >= 0.3 is 0 Å². The van der Waals surface area contributed by atoms with Crippen LogP contribution in [0.1, 0.15) is 38.9 Å². The lowest BCUT2D eigenvalue weighted by Crippen LogP contribution is -2.34. The number of H-pyrrole nitrogens is 1. The summed E-state index contributed by atoms with van der Waals surface area (Å²) in [7, 11) is 0. The van der Waals surface area contributed by atoms with Crippen molar-refractivity contribution in [3.8, 4) is 5.69 Å². The zero-order valence-corrected chi connectivity index (χ0v) is 15.0. The Morgan fingerprint density at radius 2 is 1.96 bits per heavy atom. The molecule has 0 aliphatic carbocycles. The zero-order valence-electron chi connectivity index (χ0n) is 15.0. The van der Waals surface area contributed by atoms with E-state index in [1.165, 1.54) is 6.20 Å². The van der Waals surface area contributed by atoms with E-state index in [4.69, 9.17) is 0 Å². The largest absolute Gasteiger partial charge is 0.353 e. The van der Waals surface area contributed by atoms with Crippen LogP contribution in [0.25, 0.3) is 16.7 Å². The molecule has 3 rings (SSSR count). The van der Waals surface area contributed by atoms with E-state index in [1.807, 2.05) is 44.2 Å². The maximum atomic E-state index is 12.3. The van der Waals surface area contributed by atoms with Gasteiger partial charge in [-0.25, -0.2) is 9.67 Å². The fourth-order valence-corrected chi connectivity index (χ4v) is 2.87. The minimum atomic E-state index is -0.243. The number of aryl methyl sites for hydroxylation is 1. The smallest absolute Gasteiger partial charge is 0.262 e. The number of hydrogen-bond donors (Lipinski definition) is 2. The van der Waals surface area contributed by atoms with Crippen molar-refractivity contribution in [2.45, 2.75) is 45.6 Å². The van der Waals surface area contributed by atoms with Crippen molar-refractivity contribution in [3.05, 3.63) is 52.7 Å². The number of rotatable bonds is 7. The molecule has 0 aliphatic heterocycles. The third-order valence-electron chi connectivity index (χ3n) is 4.43. The van der Waals surface area contributed by atoms with Crippen LogP contribution in [0.4, 0.5) is 0 Å². The lowest BCUT2D eigenvalue weighted by Gasteiger charge is -2.14. The first kappa shape index (κ1) is 17.8. The third-order valence-corrected chi connectivity index (χ3v) is 4.43. The zero-order chi connectivity index (χ0) is 18.5. The van der Waals surface area contributed by atoms with Crippen LogP contribution in [0.5, 0.6) is 0 Å². The molecule has 2 heterocycles. The summed E-state index contributed by atoms with van der Waals surface area (Å²) in [5.74, 6) is 0.456. The van der Waals surface area contributed by atoms with Crippen LogP contribution < -0.4 is 10.9 Å². The molecule has 0 unspecified atom stereocenters. The summed E-state index contributed by atoms with van der Waals surface area (Å²) in [4.78, 5) is 31.7. The Bertz CT molecular complexity index is 941. The summed E-state index contributed by atoms with van der Waals surface area (Å²) in [5, 5.41) is 7.70. The molecular weight excluding hydrogens is 330 g/mol. The second-order valence-corrected chi connectivity index (χ2v) is 6.22. The highest BCUT2D eigenvalue weighted by Gasteiger charge is 2.13. The Morgan fingerprint density at radius 3 is 2.65 bits per heavy atom. The lowest BCUT2D eigenvalue weighted by molar-refractivity contribution is -0.121. The van der Waals surface area contributed by atoms with Gasteiger partial charge < -0.3 is 10.3 Å². The highest BCUT2D eigenvalue weighted by Crippen LogP contribution is 2.13. The standard InChI is InChI=1S/C19H23N5O2/c1-3-13(4-2)21-17(25)11-10-16-22-18-15(19(26)23-16)12-20-24(18)14-8-6-5-7-9-14/h5-9,12-13H,3-4,10-11H2,1-2H3,(H,21,25)(H,22,23,26). The number of aromatic amines is 1. The number of nitrogens with zero attached hydrogens (tertiary/aromatic N) is 3. The Morgan fingerprint density at radius 1 is 1.23 bits per heavy atom. The number of benzene rings is 1. The first-order valence-corrected chi connectivity index (χ1v) is 8.94. The van der Waals surface area contributed by atoms with Crippen molar-refractivity contribution in [2.24, 2.45) is 0 Å². The third kappa shape index (κ3) is 3.82. The fourth-order valence-electron chi connectivity index (χ4n) is 2.87. The second-order valence-electron chi connectivity index (χ2n) is 6.22. The minimum Gasteiger partial charge on any atom is -0.353 e. The van der Waals surface area contributed by atoms with Gasteiger partial charge in [-0.2, -0.15) is 5.10 Å². The molecule has 2 N–H and O–H groups in total. The van der Waals surface area contributed by atoms with Gasteiger partial charge in [0.05, 0.1) is 11.9 Å². The molecule has 0 fully saturated rings.